The van der Waals surface area contributed by atoms with Crippen LogP contribution in [0.15, 0.2) is 78.9 Å². The van der Waals surface area contributed by atoms with E-state index in [-0.39, 0.29) is 6.61 Å². The summed E-state index contributed by atoms with van der Waals surface area (Å²) < 4.78 is 5.71. The molecule has 0 saturated carbocycles. The van der Waals surface area contributed by atoms with Gasteiger partial charge >= 0.3 is 6.03 Å². The van der Waals surface area contributed by atoms with Crippen molar-refractivity contribution in [3.05, 3.63) is 90.0 Å². The van der Waals surface area contributed by atoms with E-state index < -0.39 is 12.1 Å². The number of anilines is 1. The fourth-order valence-electron chi connectivity index (χ4n) is 2.59. The standard InChI is InChI=1S/C22H19N3O3/c23-14-16-6-10-19(11-7-16)28-20-12-8-18(9-13-20)24-22(27)25-21(15-26)17-4-2-1-3-5-17/h1-13,21,26H,15H2,(H2,24,25,27)/t21-/m1/s1. The zero-order chi connectivity index (χ0) is 19.8. The Kier molecular flexibility index (Phi) is 6.24. The van der Waals surface area contributed by atoms with Gasteiger partial charge in [0.2, 0.25) is 0 Å². The zero-order valence-corrected chi connectivity index (χ0v) is 15.0. The Morgan fingerprint density at radius 1 is 0.964 bits per heavy atom. The first-order valence-corrected chi connectivity index (χ1v) is 8.69. The van der Waals surface area contributed by atoms with Crippen molar-refractivity contribution in [2.24, 2.45) is 0 Å². The number of nitriles is 1. The SMILES string of the molecule is N#Cc1ccc(Oc2ccc(NC(=O)N[C@H](CO)c3ccccc3)cc2)cc1. The van der Waals surface area contributed by atoms with Crippen LogP contribution in [0.1, 0.15) is 17.2 Å². The van der Waals surface area contributed by atoms with Crippen molar-refractivity contribution in [1.82, 2.24) is 5.32 Å². The van der Waals surface area contributed by atoms with Gasteiger partial charge < -0.3 is 20.5 Å². The Morgan fingerprint density at radius 2 is 1.57 bits per heavy atom. The van der Waals surface area contributed by atoms with Crippen LogP contribution in [0.25, 0.3) is 0 Å². The number of urea groups is 1. The first-order chi connectivity index (χ1) is 13.7. The highest BCUT2D eigenvalue weighted by atomic mass is 16.5. The largest absolute Gasteiger partial charge is 0.457 e. The minimum Gasteiger partial charge on any atom is -0.457 e. The molecule has 0 aliphatic heterocycles. The Hall–Kier alpha value is -3.82. The van der Waals surface area contributed by atoms with Gasteiger partial charge in [-0.2, -0.15) is 5.26 Å². The van der Waals surface area contributed by atoms with Gasteiger partial charge in [0.25, 0.3) is 0 Å². The molecule has 0 radical (unpaired) electrons. The van der Waals surface area contributed by atoms with Crippen molar-refractivity contribution in [3.8, 4) is 17.6 Å². The quantitative estimate of drug-likeness (QED) is 0.603. The number of carbonyl (C=O) groups is 1. The molecule has 0 spiro atoms. The molecule has 2 amide bonds. The lowest BCUT2D eigenvalue weighted by Gasteiger charge is -2.17. The number of nitrogens with zero attached hydrogens (tertiary/aromatic N) is 1. The zero-order valence-electron chi connectivity index (χ0n) is 15.0. The van der Waals surface area contributed by atoms with Gasteiger partial charge in [-0.3, -0.25) is 0 Å². The van der Waals surface area contributed by atoms with Gasteiger partial charge in [-0.15, -0.1) is 0 Å². The average Bonchev–Trinajstić information content (AvgIpc) is 2.74. The highest BCUT2D eigenvalue weighted by Crippen LogP contribution is 2.23. The third kappa shape index (κ3) is 5.10. The van der Waals surface area contributed by atoms with Crippen LogP contribution in [-0.4, -0.2) is 17.7 Å². The highest BCUT2D eigenvalue weighted by Gasteiger charge is 2.13. The van der Waals surface area contributed by atoms with Gasteiger partial charge in [0, 0.05) is 5.69 Å². The molecule has 1 atom stereocenters. The number of amides is 2. The minimum atomic E-state index is -0.486. The summed E-state index contributed by atoms with van der Waals surface area (Å²) in [6.45, 7) is -0.200. The smallest absolute Gasteiger partial charge is 0.319 e. The van der Waals surface area contributed by atoms with Crippen molar-refractivity contribution in [2.75, 3.05) is 11.9 Å². The van der Waals surface area contributed by atoms with E-state index in [0.717, 1.165) is 5.56 Å². The van der Waals surface area contributed by atoms with Crippen molar-refractivity contribution in [2.45, 2.75) is 6.04 Å². The second kappa shape index (κ2) is 9.21. The van der Waals surface area contributed by atoms with Crippen LogP contribution in [0, 0.1) is 11.3 Å². The van der Waals surface area contributed by atoms with Crippen LogP contribution in [0.3, 0.4) is 0 Å². The molecule has 0 saturated heterocycles. The number of hydrogen-bond acceptors (Lipinski definition) is 4. The molecule has 3 N–H and O–H groups in total. The van der Waals surface area contributed by atoms with Crippen LogP contribution >= 0.6 is 0 Å². The van der Waals surface area contributed by atoms with Gasteiger partial charge in [-0.05, 0) is 54.1 Å². The lowest BCUT2D eigenvalue weighted by atomic mass is 10.1. The number of carbonyl (C=O) groups excluding carboxylic acids is 1. The van der Waals surface area contributed by atoms with Crippen molar-refractivity contribution >= 4 is 11.7 Å². The lowest BCUT2D eigenvalue weighted by Crippen LogP contribution is -2.34. The monoisotopic (exact) mass is 373 g/mol. The Morgan fingerprint density at radius 3 is 2.14 bits per heavy atom. The first kappa shape index (κ1) is 19.0. The summed E-state index contributed by atoms with van der Waals surface area (Å²) in [7, 11) is 0. The van der Waals surface area contributed by atoms with Crippen molar-refractivity contribution in [3.63, 3.8) is 0 Å². The maximum Gasteiger partial charge on any atom is 0.319 e. The second-order valence-electron chi connectivity index (χ2n) is 6.01. The van der Waals surface area contributed by atoms with Crippen LogP contribution in [0.2, 0.25) is 0 Å². The molecule has 6 nitrogen and oxygen atoms in total. The van der Waals surface area contributed by atoms with Crippen LogP contribution in [-0.2, 0) is 0 Å². The predicted octanol–water partition coefficient (Wildman–Crippen LogP) is 4.21. The van der Waals surface area contributed by atoms with Crippen LogP contribution < -0.4 is 15.4 Å². The van der Waals surface area contributed by atoms with Crippen LogP contribution in [0.4, 0.5) is 10.5 Å². The molecule has 140 valence electrons. The molecule has 0 aliphatic rings. The van der Waals surface area contributed by atoms with E-state index in [9.17, 15) is 9.90 Å². The fraction of sp³-hybridized carbons (Fsp3) is 0.0909. The molecule has 28 heavy (non-hydrogen) atoms. The Balaban J connectivity index is 1.57. The van der Waals surface area contributed by atoms with E-state index in [1.165, 1.54) is 0 Å². The minimum absolute atomic E-state index is 0.200. The van der Waals surface area contributed by atoms with Crippen molar-refractivity contribution < 1.29 is 14.6 Å². The highest BCUT2D eigenvalue weighted by molar-refractivity contribution is 5.89. The molecule has 0 bridgehead atoms. The molecule has 0 aliphatic carbocycles. The third-order valence-electron chi connectivity index (χ3n) is 4.02. The number of ether oxygens (including phenoxy) is 1. The summed E-state index contributed by atoms with van der Waals surface area (Å²) in [5.74, 6) is 1.22. The average molecular weight is 373 g/mol. The van der Waals surface area contributed by atoms with Crippen molar-refractivity contribution in [1.29, 1.82) is 5.26 Å². The van der Waals surface area contributed by atoms with E-state index >= 15 is 0 Å². The lowest BCUT2D eigenvalue weighted by molar-refractivity contribution is 0.225. The van der Waals surface area contributed by atoms with E-state index in [4.69, 9.17) is 10.00 Å². The molecule has 0 unspecified atom stereocenters. The second-order valence-corrected chi connectivity index (χ2v) is 6.01. The molecule has 3 aromatic carbocycles. The summed E-state index contributed by atoms with van der Waals surface area (Å²) in [4.78, 5) is 12.2. The third-order valence-corrected chi connectivity index (χ3v) is 4.02. The molecular weight excluding hydrogens is 354 g/mol. The molecule has 6 heteroatoms. The fourth-order valence-corrected chi connectivity index (χ4v) is 2.59. The normalized spacial score (nSPS) is 11.1. The van der Waals surface area contributed by atoms with E-state index in [1.807, 2.05) is 30.3 Å². The van der Waals surface area contributed by atoms with Gasteiger partial charge in [0.1, 0.15) is 11.5 Å². The number of rotatable bonds is 6. The molecule has 0 aromatic heterocycles. The number of nitrogens with one attached hydrogen (secondary N) is 2. The summed E-state index contributed by atoms with van der Waals surface area (Å²) in [5, 5.41) is 23.8. The molecule has 0 fully saturated rings. The maximum absolute atomic E-state index is 12.2. The number of benzene rings is 3. The molecular formula is C22H19N3O3. The van der Waals surface area contributed by atoms with Gasteiger partial charge in [0.15, 0.2) is 0 Å². The molecule has 0 heterocycles. The summed E-state index contributed by atoms with van der Waals surface area (Å²) in [6, 6.07) is 24.1. The van der Waals surface area contributed by atoms with Crippen LogP contribution in [0.5, 0.6) is 11.5 Å². The number of aliphatic hydroxyl groups excluding tert-OH is 1. The number of aliphatic hydroxyl groups is 1. The first-order valence-electron chi connectivity index (χ1n) is 8.69. The summed E-state index contributed by atoms with van der Waals surface area (Å²) >= 11 is 0. The maximum atomic E-state index is 12.2. The predicted molar refractivity (Wildman–Crippen MR) is 106 cm³/mol. The topological polar surface area (TPSA) is 94.4 Å². The van der Waals surface area contributed by atoms with E-state index in [0.29, 0.717) is 22.7 Å². The summed E-state index contributed by atoms with van der Waals surface area (Å²) in [6.07, 6.45) is 0. The van der Waals surface area contributed by atoms with Gasteiger partial charge in [-0.1, -0.05) is 30.3 Å². The molecule has 3 aromatic rings. The number of hydrogen-bond donors (Lipinski definition) is 3. The summed E-state index contributed by atoms with van der Waals surface area (Å²) in [5.41, 5.74) is 1.98. The van der Waals surface area contributed by atoms with Gasteiger partial charge in [-0.25, -0.2) is 4.79 Å². The Labute approximate surface area is 163 Å². The van der Waals surface area contributed by atoms with E-state index in [1.54, 1.807) is 48.5 Å². The molecule has 3 rings (SSSR count). The van der Waals surface area contributed by atoms with Gasteiger partial charge in [0.05, 0.1) is 24.3 Å². The Bertz CT molecular complexity index is 949. The van der Waals surface area contributed by atoms with E-state index in [2.05, 4.69) is 16.7 Å².